The fourth-order valence-electron chi connectivity index (χ4n) is 3.07. The highest BCUT2D eigenvalue weighted by molar-refractivity contribution is 5.92. The number of piperazine rings is 1. The maximum Gasteiger partial charge on any atom is 0.238 e. The summed E-state index contributed by atoms with van der Waals surface area (Å²) in [7, 11) is 1.63. The molecule has 1 fully saturated rings. The van der Waals surface area contributed by atoms with Crippen LogP contribution in [0.5, 0.6) is 5.75 Å². The molecule has 5 heteroatoms. The molecule has 5 nitrogen and oxygen atoms in total. The van der Waals surface area contributed by atoms with Gasteiger partial charge in [-0.15, -0.1) is 0 Å². The third-order valence-corrected chi connectivity index (χ3v) is 4.48. The number of nitrogens with zero attached hydrogens (tertiary/aromatic N) is 2. The molecule has 0 aromatic heterocycles. The van der Waals surface area contributed by atoms with Gasteiger partial charge in [0, 0.05) is 37.6 Å². The van der Waals surface area contributed by atoms with E-state index in [4.69, 9.17) is 4.74 Å². The van der Waals surface area contributed by atoms with E-state index >= 15 is 0 Å². The number of amides is 1. The molecule has 0 bridgehead atoms. The van der Waals surface area contributed by atoms with E-state index in [1.807, 2.05) is 24.3 Å². The Bertz CT molecular complexity index is 707. The largest absolute Gasteiger partial charge is 0.497 e. The van der Waals surface area contributed by atoms with Crippen LogP contribution < -0.4 is 15.0 Å². The van der Waals surface area contributed by atoms with Crippen LogP contribution in [0.25, 0.3) is 0 Å². The molecule has 1 heterocycles. The molecule has 0 spiro atoms. The van der Waals surface area contributed by atoms with Crippen LogP contribution in [0.4, 0.5) is 11.4 Å². The summed E-state index contributed by atoms with van der Waals surface area (Å²) in [5, 5.41) is 2.94. The zero-order valence-electron chi connectivity index (χ0n) is 14.9. The lowest BCUT2D eigenvalue weighted by Gasteiger charge is -2.35. The van der Waals surface area contributed by atoms with Crippen molar-refractivity contribution < 1.29 is 9.53 Å². The molecule has 1 amide bonds. The van der Waals surface area contributed by atoms with Crippen LogP contribution in [-0.2, 0) is 4.79 Å². The normalized spacial score (nSPS) is 15.0. The molecule has 1 aliphatic heterocycles. The number of methoxy groups -OCH3 is 1. The average Bonchev–Trinajstić information content (AvgIpc) is 2.63. The van der Waals surface area contributed by atoms with Gasteiger partial charge in [-0.1, -0.05) is 12.1 Å². The topological polar surface area (TPSA) is 44.8 Å². The number of nitrogens with one attached hydrogen (secondary N) is 1. The van der Waals surface area contributed by atoms with Crippen molar-refractivity contribution in [2.45, 2.75) is 6.92 Å². The number of benzene rings is 2. The lowest BCUT2D eigenvalue weighted by Crippen LogP contribution is -2.48. The van der Waals surface area contributed by atoms with Gasteiger partial charge in [0.15, 0.2) is 0 Å². The smallest absolute Gasteiger partial charge is 0.238 e. The van der Waals surface area contributed by atoms with E-state index in [1.165, 1.54) is 11.3 Å². The Balaban J connectivity index is 1.47. The Hall–Kier alpha value is -2.53. The molecule has 1 saturated heterocycles. The van der Waals surface area contributed by atoms with Crippen molar-refractivity contribution in [2.24, 2.45) is 0 Å². The van der Waals surface area contributed by atoms with Gasteiger partial charge in [-0.3, -0.25) is 9.69 Å². The highest BCUT2D eigenvalue weighted by atomic mass is 16.5. The van der Waals surface area contributed by atoms with Crippen molar-refractivity contribution in [1.29, 1.82) is 0 Å². The molecule has 0 atom stereocenters. The first kappa shape index (κ1) is 17.3. The van der Waals surface area contributed by atoms with Crippen LogP contribution >= 0.6 is 0 Å². The average molecular weight is 339 g/mol. The summed E-state index contributed by atoms with van der Waals surface area (Å²) in [5.41, 5.74) is 3.34. The van der Waals surface area contributed by atoms with Crippen molar-refractivity contribution in [1.82, 2.24) is 4.90 Å². The molecule has 0 unspecified atom stereocenters. The number of rotatable bonds is 5. The molecule has 2 aromatic carbocycles. The van der Waals surface area contributed by atoms with Gasteiger partial charge in [0.25, 0.3) is 0 Å². The van der Waals surface area contributed by atoms with Crippen LogP contribution in [0, 0.1) is 6.92 Å². The van der Waals surface area contributed by atoms with Gasteiger partial charge in [0.1, 0.15) is 5.75 Å². The van der Waals surface area contributed by atoms with E-state index in [9.17, 15) is 4.79 Å². The minimum atomic E-state index is 0.0224. The van der Waals surface area contributed by atoms with Crippen molar-refractivity contribution in [3.8, 4) is 5.75 Å². The van der Waals surface area contributed by atoms with E-state index < -0.39 is 0 Å². The minimum absolute atomic E-state index is 0.0224. The van der Waals surface area contributed by atoms with Gasteiger partial charge < -0.3 is 15.0 Å². The third kappa shape index (κ3) is 4.73. The van der Waals surface area contributed by atoms with Gasteiger partial charge in [-0.25, -0.2) is 0 Å². The Labute approximate surface area is 149 Å². The summed E-state index contributed by atoms with van der Waals surface area (Å²) in [5.74, 6) is 0.805. The summed E-state index contributed by atoms with van der Waals surface area (Å²) in [4.78, 5) is 16.8. The van der Waals surface area contributed by atoms with Crippen molar-refractivity contribution in [3.05, 3.63) is 54.1 Å². The van der Waals surface area contributed by atoms with Crippen LogP contribution in [0.1, 0.15) is 5.56 Å². The molecule has 132 valence electrons. The molecule has 3 rings (SSSR count). The zero-order chi connectivity index (χ0) is 17.6. The first-order valence-electron chi connectivity index (χ1n) is 8.62. The van der Waals surface area contributed by atoms with Gasteiger partial charge in [-0.2, -0.15) is 0 Å². The Morgan fingerprint density at radius 2 is 1.80 bits per heavy atom. The quantitative estimate of drug-likeness (QED) is 0.910. The van der Waals surface area contributed by atoms with Crippen molar-refractivity contribution in [3.63, 3.8) is 0 Å². The first-order valence-corrected chi connectivity index (χ1v) is 8.62. The maximum atomic E-state index is 12.2. The summed E-state index contributed by atoms with van der Waals surface area (Å²) < 4.78 is 5.12. The predicted molar refractivity (Wildman–Crippen MR) is 101 cm³/mol. The molecule has 0 aliphatic carbocycles. The molecule has 1 N–H and O–H groups in total. The number of ether oxygens (including phenoxy) is 1. The van der Waals surface area contributed by atoms with Crippen molar-refractivity contribution in [2.75, 3.05) is 50.1 Å². The van der Waals surface area contributed by atoms with Gasteiger partial charge in [0.05, 0.1) is 13.7 Å². The number of hydrogen-bond donors (Lipinski definition) is 1. The van der Waals surface area contributed by atoms with Crippen LogP contribution in [0.15, 0.2) is 48.5 Å². The van der Waals surface area contributed by atoms with E-state index in [1.54, 1.807) is 7.11 Å². The number of carbonyl (C=O) groups is 1. The van der Waals surface area contributed by atoms with Crippen molar-refractivity contribution >= 4 is 17.3 Å². The van der Waals surface area contributed by atoms with E-state index in [0.29, 0.717) is 6.54 Å². The van der Waals surface area contributed by atoms with Gasteiger partial charge >= 0.3 is 0 Å². The standard InChI is InChI=1S/C20H25N3O2/c1-16-4-3-5-18(14-16)23-12-10-22(11-13-23)15-20(24)21-17-6-8-19(25-2)9-7-17/h3-9,14H,10-13,15H2,1-2H3,(H,21,24). The zero-order valence-corrected chi connectivity index (χ0v) is 14.9. The Morgan fingerprint density at radius 3 is 2.44 bits per heavy atom. The van der Waals surface area contributed by atoms with Crippen LogP contribution in [-0.4, -0.2) is 50.6 Å². The van der Waals surface area contributed by atoms with E-state index in [-0.39, 0.29) is 5.91 Å². The highest BCUT2D eigenvalue weighted by Crippen LogP contribution is 2.18. The maximum absolute atomic E-state index is 12.2. The number of anilines is 2. The van der Waals surface area contributed by atoms with Crippen LogP contribution in [0.2, 0.25) is 0 Å². The second-order valence-corrected chi connectivity index (χ2v) is 6.38. The Morgan fingerprint density at radius 1 is 1.08 bits per heavy atom. The molecule has 25 heavy (non-hydrogen) atoms. The number of hydrogen-bond acceptors (Lipinski definition) is 4. The van der Waals surface area contributed by atoms with Crippen LogP contribution in [0.3, 0.4) is 0 Å². The molecule has 0 radical (unpaired) electrons. The molecule has 0 saturated carbocycles. The SMILES string of the molecule is COc1ccc(NC(=O)CN2CCN(c3cccc(C)c3)CC2)cc1. The second kappa shape index (κ2) is 8.03. The minimum Gasteiger partial charge on any atom is -0.497 e. The second-order valence-electron chi connectivity index (χ2n) is 6.38. The van der Waals surface area contributed by atoms with E-state index in [2.05, 4.69) is 46.3 Å². The monoisotopic (exact) mass is 339 g/mol. The molecule has 1 aliphatic rings. The lowest BCUT2D eigenvalue weighted by atomic mass is 10.2. The fourth-order valence-corrected chi connectivity index (χ4v) is 3.07. The summed E-state index contributed by atoms with van der Waals surface area (Å²) >= 11 is 0. The van der Waals surface area contributed by atoms with Gasteiger partial charge in [0.2, 0.25) is 5.91 Å². The molecular weight excluding hydrogens is 314 g/mol. The Kier molecular flexibility index (Phi) is 5.56. The predicted octanol–water partition coefficient (Wildman–Crippen LogP) is 2.76. The first-order chi connectivity index (χ1) is 12.1. The summed E-state index contributed by atoms with van der Waals surface area (Å²) in [6, 6.07) is 16.0. The van der Waals surface area contributed by atoms with E-state index in [0.717, 1.165) is 37.6 Å². The van der Waals surface area contributed by atoms with Gasteiger partial charge in [-0.05, 0) is 48.9 Å². The summed E-state index contributed by atoms with van der Waals surface area (Å²) in [6.07, 6.45) is 0. The molecule has 2 aromatic rings. The number of carbonyl (C=O) groups excluding carboxylic acids is 1. The molecular formula is C20H25N3O2. The lowest BCUT2D eigenvalue weighted by molar-refractivity contribution is -0.117. The fraction of sp³-hybridized carbons (Fsp3) is 0.350. The highest BCUT2D eigenvalue weighted by Gasteiger charge is 2.19. The third-order valence-electron chi connectivity index (χ3n) is 4.48. The summed E-state index contributed by atoms with van der Waals surface area (Å²) in [6.45, 7) is 6.21. The number of aryl methyl sites for hydroxylation is 1.